The normalized spacial score (nSPS) is 14.8. The van der Waals surface area contributed by atoms with Crippen LogP contribution < -0.4 is 5.32 Å². The molecule has 3 rings (SSSR count). The predicted octanol–water partition coefficient (Wildman–Crippen LogP) is 3.47. The first-order chi connectivity index (χ1) is 12.7. The van der Waals surface area contributed by atoms with Crippen LogP contribution in [0.1, 0.15) is 42.2 Å². The molecular formula is C18H27BrN6S. The fourth-order valence-electron chi connectivity index (χ4n) is 3.31. The molecule has 1 aliphatic rings. The summed E-state index contributed by atoms with van der Waals surface area (Å²) < 4.78 is 3.50. The topological polar surface area (TPSA) is 58.3 Å². The first kappa shape index (κ1) is 19.4. The summed E-state index contributed by atoms with van der Waals surface area (Å²) in [6, 6.07) is 4.24. The Morgan fingerprint density at radius 1 is 1.35 bits per heavy atom. The van der Waals surface area contributed by atoms with Crippen molar-refractivity contribution in [3.8, 4) is 0 Å². The largest absolute Gasteiger partial charge is 0.356 e. The Bertz CT molecular complexity index is 738. The molecule has 0 fully saturated rings. The van der Waals surface area contributed by atoms with Crippen molar-refractivity contribution >= 4 is 33.2 Å². The van der Waals surface area contributed by atoms with Crippen LogP contribution in [-0.4, -0.2) is 46.3 Å². The van der Waals surface area contributed by atoms with Crippen LogP contribution in [0.25, 0.3) is 0 Å². The Morgan fingerprint density at radius 3 is 3.00 bits per heavy atom. The van der Waals surface area contributed by atoms with Gasteiger partial charge in [0.2, 0.25) is 0 Å². The van der Waals surface area contributed by atoms with Crippen molar-refractivity contribution in [1.82, 2.24) is 25.0 Å². The number of halogens is 1. The van der Waals surface area contributed by atoms with Crippen LogP contribution in [0.5, 0.6) is 0 Å². The highest BCUT2D eigenvalue weighted by atomic mass is 79.9. The van der Waals surface area contributed by atoms with Crippen LogP contribution in [0.4, 0.5) is 0 Å². The van der Waals surface area contributed by atoms with E-state index >= 15 is 0 Å². The van der Waals surface area contributed by atoms with Gasteiger partial charge >= 0.3 is 0 Å². The number of hydrogen-bond donors (Lipinski definition) is 1. The van der Waals surface area contributed by atoms with Gasteiger partial charge in [0.25, 0.3) is 0 Å². The summed E-state index contributed by atoms with van der Waals surface area (Å²) in [5.74, 6) is 3.23. The quantitative estimate of drug-likeness (QED) is 0.426. The first-order valence-electron chi connectivity index (χ1n) is 9.24. The second-order valence-corrected chi connectivity index (χ2v) is 9.18. The molecule has 142 valence electrons. The van der Waals surface area contributed by atoms with Crippen molar-refractivity contribution in [2.24, 2.45) is 4.99 Å². The summed E-state index contributed by atoms with van der Waals surface area (Å²) in [5.41, 5.74) is 0. The fraction of sp³-hybridized carbons (Fsp3) is 0.611. The maximum atomic E-state index is 4.41. The molecule has 0 saturated heterocycles. The highest BCUT2D eigenvalue weighted by Crippen LogP contribution is 2.23. The van der Waals surface area contributed by atoms with Crippen LogP contribution >= 0.6 is 27.3 Å². The molecule has 0 amide bonds. The van der Waals surface area contributed by atoms with Gasteiger partial charge < -0.3 is 14.8 Å². The zero-order chi connectivity index (χ0) is 18.4. The van der Waals surface area contributed by atoms with E-state index in [0.29, 0.717) is 0 Å². The van der Waals surface area contributed by atoms with Crippen molar-refractivity contribution in [2.45, 2.75) is 51.6 Å². The van der Waals surface area contributed by atoms with E-state index < -0.39 is 0 Å². The summed E-state index contributed by atoms with van der Waals surface area (Å²) in [5, 5.41) is 12.3. The molecule has 26 heavy (non-hydrogen) atoms. The first-order valence-corrected chi connectivity index (χ1v) is 10.9. The van der Waals surface area contributed by atoms with Crippen LogP contribution in [0.3, 0.4) is 0 Å². The van der Waals surface area contributed by atoms with Crippen LogP contribution in [0, 0.1) is 0 Å². The van der Waals surface area contributed by atoms with Gasteiger partial charge in [-0.2, -0.15) is 0 Å². The van der Waals surface area contributed by atoms with Crippen molar-refractivity contribution in [2.75, 3.05) is 20.6 Å². The molecule has 0 radical (unpaired) electrons. The van der Waals surface area contributed by atoms with Crippen molar-refractivity contribution in [1.29, 1.82) is 0 Å². The van der Waals surface area contributed by atoms with Gasteiger partial charge in [0, 0.05) is 44.9 Å². The highest BCUT2D eigenvalue weighted by Gasteiger charge is 2.14. The fourth-order valence-corrected chi connectivity index (χ4v) is 4.84. The molecule has 2 aromatic heterocycles. The Labute approximate surface area is 167 Å². The zero-order valence-electron chi connectivity index (χ0n) is 15.5. The minimum atomic E-state index is 0.855. The number of guanidine groups is 1. The van der Waals surface area contributed by atoms with Crippen molar-refractivity contribution in [3.05, 3.63) is 32.4 Å². The van der Waals surface area contributed by atoms with Gasteiger partial charge in [0.05, 0.1) is 10.3 Å². The molecule has 0 saturated carbocycles. The minimum Gasteiger partial charge on any atom is -0.356 e. The van der Waals surface area contributed by atoms with Gasteiger partial charge in [-0.1, -0.05) is 6.42 Å². The van der Waals surface area contributed by atoms with Crippen molar-refractivity contribution < 1.29 is 0 Å². The van der Waals surface area contributed by atoms with E-state index in [1.54, 1.807) is 11.3 Å². The lowest BCUT2D eigenvalue weighted by Gasteiger charge is -2.21. The molecule has 0 aliphatic carbocycles. The highest BCUT2D eigenvalue weighted by molar-refractivity contribution is 9.11. The molecule has 2 aromatic rings. The summed E-state index contributed by atoms with van der Waals surface area (Å²) in [6.07, 6.45) is 6.83. The molecule has 0 spiro atoms. The minimum absolute atomic E-state index is 0.855. The Hall–Kier alpha value is -1.41. The Balaban J connectivity index is 1.45. The Morgan fingerprint density at radius 2 is 2.23 bits per heavy atom. The second kappa shape index (κ2) is 9.50. The predicted molar refractivity (Wildman–Crippen MR) is 111 cm³/mol. The van der Waals surface area contributed by atoms with E-state index in [9.17, 15) is 0 Å². The zero-order valence-corrected chi connectivity index (χ0v) is 17.9. The molecule has 1 N–H and O–H groups in total. The molecule has 0 unspecified atom stereocenters. The number of nitrogens with zero attached hydrogens (tertiary/aromatic N) is 5. The maximum Gasteiger partial charge on any atom is 0.193 e. The molecule has 0 aromatic carbocycles. The SMILES string of the molecule is CN=C(NCCCc1nnc2n1CCCCC2)N(C)Cc1ccc(Br)s1. The lowest BCUT2D eigenvalue weighted by Crippen LogP contribution is -2.38. The smallest absolute Gasteiger partial charge is 0.193 e. The van der Waals surface area contributed by atoms with Gasteiger partial charge in [-0.05, 0) is 47.3 Å². The molecule has 3 heterocycles. The third kappa shape index (κ3) is 5.07. The standard InChI is InChI=1S/C18H27BrN6S/c1-20-18(24(2)13-14-9-10-15(19)26-14)21-11-6-8-17-23-22-16-7-4-3-5-12-25(16)17/h9-10H,3-8,11-13H2,1-2H3,(H,20,21). The number of thiophene rings is 1. The third-order valence-electron chi connectivity index (χ3n) is 4.64. The number of aryl methyl sites for hydroxylation is 2. The van der Waals surface area contributed by atoms with E-state index in [1.165, 1.54) is 30.0 Å². The van der Waals surface area contributed by atoms with Crippen LogP contribution in [0.15, 0.2) is 20.9 Å². The van der Waals surface area contributed by atoms with Crippen molar-refractivity contribution in [3.63, 3.8) is 0 Å². The number of fused-ring (bicyclic) bond motifs is 1. The molecule has 0 bridgehead atoms. The lowest BCUT2D eigenvalue weighted by molar-refractivity contribution is 0.479. The summed E-state index contributed by atoms with van der Waals surface area (Å²) in [6.45, 7) is 2.81. The summed E-state index contributed by atoms with van der Waals surface area (Å²) in [7, 11) is 3.91. The average Bonchev–Trinajstić information content (AvgIpc) is 3.12. The van der Waals surface area contributed by atoms with Crippen LogP contribution in [-0.2, 0) is 25.9 Å². The number of rotatable bonds is 6. The molecule has 6 nitrogen and oxygen atoms in total. The monoisotopic (exact) mass is 438 g/mol. The van der Waals surface area contributed by atoms with Crippen LogP contribution in [0.2, 0.25) is 0 Å². The molecule has 8 heteroatoms. The number of nitrogens with one attached hydrogen (secondary N) is 1. The van der Waals surface area contributed by atoms with Gasteiger partial charge in [0.15, 0.2) is 5.96 Å². The third-order valence-corrected chi connectivity index (χ3v) is 6.25. The number of hydrogen-bond acceptors (Lipinski definition) is 4. The molecule has 1 aliphatic heterocycles. The summed E-state index contributed by atoms with van der Waals surface area (Å²) in [4.78, 5) is 7.87. The van der Waals surface area contributed by atoms with E-state index in [4.69, 9.17) is 0 Å². The summed E-state index contributed by atoms with van der Waals surface area (Å²) >= 11 is 5.28. The van der Waals surface area contributed by atoms with Gasteiger partial charge in [0.1, 0.15) is 11.6 Å². The molecule has 0 atom stereocenters. The maximum absolute atomic E-state index is 4.41. The van der Waals surface area contributed by atoms with E-state index in [-0.39, 0.29) is 0 Å². The van der Waals surface area contributed by atoms with Gasteiger partial charge in [-0.15, -0.1) is 21.5 Å². The number of aromatic nitrogens is 3. The van der Waals surface area contributed by atoms with E-state index in [0.717, 1.165) is 54.5 Å². The Kier molecular flexibility index (Phi) is 7.07. The second-order valence-electron chi connectivity index (χ2n) is 6.63. The van der Waals surface area contributed by atoms with E-state index in [2.05, 4.69) is 65.1 Å². The average molecular weight is 439 g/mol. The van der Waals surface area contributed by atoms with Gasteiger partial charge in [-0.25, -0.2) is 0 Å². The molecular weight excluding hydrogens is 412 g/mol. The van der Waals surface area contributed by atoms with E-state index in [1.807, 2.05) is 7.05 Å². The lowest BCUT2D eigenvalue weighted by atomic mass is 10.2. The number of aliphatic imine (C=N–C) groups is 1. The van der Waals surface area contributed by atoms with Gasteiger partial charge in [-0.3, -0.25) is 4.99 Å².